The summed E-state index contributed by atoms with van der Waals surface area (Å²) in [5.74, 6) is -0.454. The third-order valence-electron chi connectivity index (χ3n) is 2.83. The van der Waals surface area contributed by atoms with E-state index in [0.29, 0.717) is 23.4 Å². The number of para-hydroxylation sites is 1. The van der Waals surface area contributed by atoms with Gasteiger partial charge in [0, 0.05) is 0 Å². The molecular weight excluding hydrogens is 244 g/mol. The molecule has 0 aliphatic rings. The fourth-order valence-corrected chi connectivity index (χ4v) is 1.78. The van der Waals surface area contributed by atoms with Crippen molar-refractivity contribution in [3.63, 3.8) is 0 Å². The molecule has 1 unspecified atom stereocenters. The van der Waals surface area contributed by atoms with Crippen LogP contribution in [0.4, 0.5) is 5.69 Å². The minimum Gasteiger partial charge on any atom is -0.495 e. The monoisotopic (exact) mass is 262 g/mol. The van der Waals surface area contributed by atoms with E-state index in [-0.39, 0.29) is 0 Å². The second-order valence-corrected chi connectivity index (χ2v) is 4.17. The summed E-state index contributed by atoms with van der Waals surface area (Å²) in [6, 6.07) is 6.34. The van der Waals surface area contributed by atoms with Crippen LogP contribution in [-0.4, -0.2) is 24.2 Å². The highest BCUT2D eigenvalue weighted by Crippen LogP contribution is 2.29. The van der Waals surface area contributed by atoms with Crippen LogP contribution < -0.4 is 10.1 Å². The average molecular weight is 262 g/mol. The average Bonchev–Trinajstić information content (AvgIpc) is 2.42. The third-order valence-corrected chi connectivity index (χ3v) is 2.83. The third kappa shape index (κ3) is 3.88. The number of rotatable bonds is 7. The van der Waals surface area contributed by atoms with E-state index in [1.165, 1.54) is 7.11 Å². The Morgan fingerprint density at radius 1 is 1.58 bits per heavy atom. The van der Waals surface area contributed by atoms with Gasteiger partial charge in [0.05, 0.1) is 18.4 Å². The van der Waals surface area contributed by atoms with Gasteiger partial charge < -0.3 is 15.2 Å². The van der Waals surface area contributed by atoms with E-state index in [1.807, 2.05) is 13.0 Å². The minimum atomic E-state index is -0.928. The van der Waals surface area contributed by atoms with Crippen LogP contribution in [0.2, 0.25) is 0 Å². The number of benzene rings is 1. The van der Waals surface area contributed by atoms with Crippen molar-refractivity contribution in [1.29, 1.82) is 5.26 Å². The number of nitrogens with one attached hydrogen (secondary N) is 1. The fourth-order valence-electron chi connectivity index (χ4n) is 1.78. The van der Waals surface area contributed by atoms with Crippen LogP contribution >= 0.6 is 0 Å². The summed E-state index contributed by atoms with van der Waals surface area (Å²) < 4.78 is 5.17. The van der Waals surface area contributed by atoms with Crippen molar-refractivity contribution in [3.05, 3.63) is 23.8 Å². The molecule has 0 amide bonds. The molecule has 0 aliphatic heterocycles. The van der Waals surface area contributed by atoms with E-state index in [0.717, 1.165) is 12.8 Å². The number of carboxylic acids is 1. The van der Waals surface area contributed by atoms with Gasteiger partial charge in [-0.25, -0.2) is 4.79 Å². The van der Waals surface area contributed by atoms with Crippen molar-refractivity contribution in [2.24, 2.45) is 0 Å². The summed E-state index contributed by atoms with van der Waals surface area (Å²) in [5, 5.41) is 21.2. The molecule has 0 radical (unpaired) electrons. The molecule has 0 fully saturated rings. The summed E-state index contributed by atoms with van der Waals surface area (Å²) in [6.45, 7) is 2.00. The Balaban J connectivity index is 3.01. The molecule has 0 aliphatic carbocycles. The Morgan fingerprint density at radius 2 is 2.32 bits per heavy atom. The summed E-state index contributed by atoms with van der Waals surface area (Å²) >= 11 is 0. The van der Waals surface area contributed by atoms with E-state index in [9.17, 15) is 9.90 Å². The van der Waals surface area contributed by atoms with Gasteiger partial charge in [0.25, 0.3) is 0 Å². The summed E-state index contributed by atoms with van der Waals surface area (Å²) in [6.07, 6.45) is 2.23. The number of anilines is 1. The maximum Gasteiger partial charge on any atom is 0.326 e. The zero-order valence-electron chi connectivity index (χ0n) is 11.1. The molecule has 0 aromatic heterocycles. The van der Waals surface area contributed by atoms with Gasteiger partial charge in [0.1, 0.15) is 17.9 Å². The Bertz CT molecular complexity index is 480. The highest BCUT2D eigenvalue weighted by Gasteiger charge is 2.20. The van der Waals surface area contributed by atoms with Gasteiger partial charge >= 0.3 is 5.97 Å². The zero-order chi connectivity index (χ0) is 14.3. The molecule has 0 saturated carbocycles. The minimum absolute atomic E-state index is 0.377. The van der Waals surface area contributed by atoms with Crippen molar-refractivity contribution in [3.8, 4) is 11.8 Å². The molecule has 19 heavy (non-hydrogen) atoms. The van der Waals surface area contributed by atoms with E-state index >= 15 is 0 Å². The maximum absolute atomic E-state index is 11.2. The highest BCUT2D eigenvalue weighted by molar-refractivity contribution is 5.79. The van der Waals surface area contributed by atoms with Crippen molar-refractivity contribution < 1.29 is 14.6 Å². The van der Waals surface area contributed by atoms with Gasteiger partial charge in [-0.15, -0.1) is 0 Å². The van der Waals surface area contributed by atoms with E-state index in [2.05, 4.69) is 5.32 Å². The van der Waals surface area contributed by atoms with Crippen molar-refractivity contribution >= 4 is 11.7 Å². The van der Waals surface area contributed by atoms with Gasteiger partial charge in [0.15, 0.2) is 0 Å². The number of nitriles is 1. The molecule has 5 nitrogen and oxygen atoms in total. The first kappa shape index (κ1) is 14.8. The molecule has 1 atom stereocenters. The molecule has 2 N–H and O–H groups in total. The number of nitrogens with zero attached hydrogens (tertiary/aromatic N) is 1. The standard InChI is InChI=1S/C14H18N2O3/c1-3-4-7-11(14(17)18)16-13-10(9-15)6-5-8-12(13)19-2/h5-6,8,11,16H,3-4,7H2,1-2H3,(H,17,18). The SMILES string of the molecule is CCCCC(Nc1c(C#N)cccc1OC)C(=O)O. The van der Waals surface area contributed by atoms with Gasteiger partial charge in [0.2, 0.25) is 0 Å². The fraction of sp³-hybridized carbons (Fsp3) is 0.429. The first-order valence-electron chi connectivity index (χ1n) is 6.20. The lowest BCUT2D eigenvalue weighted by molar-refractivity contribution is -0.138. The van der Waals surface area contributed by atoms with Crippen molar-refractivity contribution in [2.75, 3.05) is 12.4 Å². The van der Waals surface area contributed by atoms with Gasteiger partial charge in [-0.05, 0) is 18.6 Å². The number of unbranched alkanes of at least 4 members (excludes halogenated alkanes) is 1. The normalized spacial score (nSPS) is 11.4. The molecule has 1 aromatic carbocycles. The van der Waals surface area contributed by atoms with Gasteiger partial charge in [-0.2, -0.15) is 5.26 Å². The molecule has 1 rings (SSSR count). The van der Waals surface area contributed by atoms with E-state index in [4.69, 9.17) is 10.00 Å². The Kier molecular flexibility index (Phi) is 5.68. The predicted molar refractivity (Wildman–Crippen MR) is 72.3 cm³/mol. The number of methoxy groups -OCH3 is 1. The number of hydrogen-bond acceptors (Lipinski definition) is 4. The Morgan fingerprint density at radius 3 is 2.84 bits per heavy atom. The molecule has 0 saturated heterocycles. The van der Waals surface area contributed by atoms with Crippen LogP contribution in [0.15, 0.2) is 18.2 Å². The topological polar surface area (TPSA) is 82.3 Å². The lowest BCUT2D eigenvalue weighted by atomic mass is 10.1. The second-order valence-electron chi connectivity index (χ2n) is 4.17. The maximum atomic E-state index is 11.2. The van der Waals surface area contributed by atoms with Crippen LogP contribution in [-0.2, 0) is 4.79 Å². The number of hydrogen-bond donors (Lipinski definition) is 2. The van der Waals surface area contributed by atoms with Crippen LogP contribution in [0.5, 0.6) is 5.75 Å². The lowest BCUT2D eigenvalue weighted by Gasteiger charge is -2.18. The van der Waals surface area contributed by atoms with Crippen LogP contribution in [0.3, 0.4) is 0 Å². The molecule has 1 aromatic rings. The highest BCUT2D eigenvalue weighted by atomic mass is 16.5. The molecule has 102 valence electrons. The van der Waals surface area contributed by atoms with Crippen molar-refractivity contribution in [1.82, 2.24) is 0 Å². The predicted octanol–water partition coefficient (Wildman–Crippen LogP) is 2.62. The number of ether oxygens (including phenoxy) is 1. The summed E-state index contributed by atoms with van der Waals surface area (Å²) in [5.41, 5.74) is 0.818. The van der Waals surface area contributed by atoms with Gasteiger partial charge in [-0.3, -0.25) is 0 Å². The van der Waals surface area contributed by atoms with E-state index in [1.54, 1.807) is 18.2 Å². The van der Waals surface area contributed by atoms with Gasteiger partial charge in [-0.1, -0.05) is 25.8 Å². The lowest BCUT2D eigenvalue weighted by Crippen LogP contribution is -2.29. The molecule has 0 heterocycles. The van der Waals surface area contributed by atoms with Crippen molar-refractivity contribution in [2.45, 2.75) is 32.2 Å². The number of carbonyl (C=O) groups is 1. The van der Waals surface area contributed by atoms with E-state index < -0.39 is 12.0 Å². The second kappa shape index (κ2) is 7.27. The quantitative estimate of drug-likeness (QED) is 0.789. The zero-order valence-corrected chi connectivity index (χ0v) is 11.1. The molecular formula is C14H18N2O3. The molecule has 0 spiro atoms. The van der Waals surface area contributed by atoms with Crippen LogP contribution in [0.25, 0.3) is 0 Å². The summed E-state index contributed by atoms with van der Waals surface area (Å²) in [7, 11) is 1.49. The largest absolute Gasteiger partial charge is 0.495 e. The number of aliphatic carboxylic acids is 1. The Hall–Kier alpha value is -2.22. The Labute approximate surface area is 112 Å². The first-order chi connectivity index (χ1) is 9.13. The smallest absolute Gasteiger partial charge is 0.326 e. The summed E-state index contributed by atoms with van der Waals surface area (Å²) in [4.78, 5) is 11.2. The molecule has 5 heteroatoms. The van der Waals surface area contributed by atoms with Crippen LogP contribution in [0.1, 0.15) is 31.7 Å². The number of carboxylic acid groups (broad SMARTS) is 1. The molecule has 0 bridgehead atoms. The first-order valence-corrected chi connectivity index (χ1v) is 6.20. The van der Waals surface area contributed by atoms with Crippen LogP contribution in [0, 0.1) is 11.3 Å².